The molecule has 0 aliphatic rings. The Hall–Kier alpha value is -1.38. The third kappa shape index (κ3) is 4.83. The molecule has 0 aliphatic carbocycles. The Morgan fingerprint density at radius 2 is 1.57 bits per heavy atom. The van der Waals surface area contributed by atoms with Crippen LogP contribution in [0.25, 0.3) is 0 Å². The second-order valence-corrected chi connectivity index (χ2v) is 5.46. The molecule has 2 aromatic carbocycles. The van der Waals surface area contributed by atoms with Gasteiger partial charge < -0.3 is 9.47 Å². The van der Waals surface area contributed by atoms with Gasteiger partial charge in [0.1, 0.15) is 11.5 Å². The zero-order chi connectivity index (χ0) is 15.1. The molecule has 1 unspecified atom stereocenters. The van der Waals surface area contributed by atoms with E-state index in [4.69, 9.17) is 32.7 Å². The first-order valence-electron chi connectivity index (χ1n) is 6.81. The zero-order valence-electron chi connectivity index (χ0n) is 11.9. The van der Waals surface area contributed by atoms with Gasteiger partial charge in [0.05, 0.1) is 13.7 Å². The lowest BCUT2D eigenvalue weighted by Crippen LogP contribution is -2.07. The van der Waals surface area contributed by atoms with Crippen molar-refractivity contribution >= 4 is 23.2 Å². The zero-order valence-corrected chi connectivity index (χ0v) is 13.4. The quantitative estimate of drug-likeness (QED) is 0.656. The summed E-state index contributed by atoms with van der Waals surface area (Å²) in [5, 5.41) is 0.738. The fourth-order valence-electron chi connectivity index (χ4n) is 2.06. The Labute approximate surface area is 135 Å². The minimum absolute atomic E-state index is 0.266. The van der Waals surface area contributed by atoms with Crippen molar-refractivity contribution in [3.63, 3.8) is 0 Å². The van der Waals surface area contributed by atoms with E-state index in [9.17, 15) is 0 Å². The number of benzene rings is 2. The number of hydrogen-bond acceptors (Lipinski definition) is 2. The molecule has 0 amide bonds. The van der Waals surface area contributed by atoms with Gasteiger partial charge in [0.25, 0.3) is 0 Å². The van der Waals surface area contributed by atoms with E-state index in [2.05, 4.69) is 0 Å². The van der Waals surface area contributed by atoms with Crippen molar-refractivity contribution in [1.82, 2.24) is 0 Å². The van der Waals surface area contributed by atoms with Gasteiger partial charge in [0, 0.05) is 16.8 Å². The summed E-state index contributed by atoms with van der Waals surface area (Å²) in [5.41, 5.74) is 1.19. The van der Waals surface area contributed by atoms with E-state index < -0.39 is 0 Å². The van der Waals surface area contributed by atoms with E-state index in [1.807, 2.05) is 48.5 Å². The van der Waals surface area contributed by atoms with Crippen LogP contribution in [0.3, 0.4) is 0 Å². The van der Waals surface area contributed by atoms with Gasteiger partial charge in [0.15, 0.2) is 0 Å². The Morgan fingerprint density at radius 1 is 0.952 bits per heavy atom. The number of halogens is 2. The normalized spacial score (nSPS) is 12.0. The van der Waals surface area contributed by atoms with E-state index in [-0.39, 0.29) is 5.92 Å². The van der Waals surface area contributed by atoms with Crippen molar-refractivity contribution in [3.05, 3.63) is 59.1 Å². The van der Waals surface area contributed by atoms with Crippen LogP contribution in [0.2, 0.25) is 5.02 Å². The standard InChI is InChI=1S/C17H18Cl2O2/c1-20-16-6-8-17(9-7-16)21-11-10-14(12-18)13-2-4-15(19)5-3-13/h2-9,14H,10-12H2,1H3. The monoisotopic (exact) mass is 324 g/mol. The second-order valence-electron chi connectivity index (χ2n) is 4.72. The fraction of sp³-hybridized carbons (Fsp3) is 0.294. The molecule has 2 rings (SSSR count). The Kier molecular flexibility index (Phi) is 6.21. The second kappa shape index (κ2) is 8.16. The molecule has 0 saturated carbocycles. The first-order chi connectivity index (χ1) is 10.2. The molecule has 0 N–H and O–H groups in total. The van der Waals surface area contributed by atoms with Crippen molar-refractivity contribution in [2.45, 2.75) is 12.3 Å². The minimum Gasteiger partial charge on any atom is -0.497 e. The number of methoxy groups -OCH3 is 1. The van der Waals surface area contributed by atoms with Crippen molar-refractivity contribution in [2.24, 2.45) is 0 Å². The Bertz CT molecular complexity index is 538. The van der Waals surface area contributed by atoms with Crippen LogP contribution in [-0.4, -0.2) is 19.6 Å². The topological polar surface area (TPSA) is 18.5 Å². The van der Waals surface area contributed by atoms with Gasteiger partial charge in [-0.25, -0.2) is 0 Å². The summed E-state index contributed by atoms with van der Waals surface area (Å²) in [5.74, 6) is 2.48. The molecule has 0 radical (unpaired) electrons. The van der Waals surface area contributed by atoms with E-state index >= 15 is 0 Å². The summed E-state index contributed by atoms with van der Waals surface area (Å²) in [6, 6.07) is 15.4. The lowest BCUT2D eigenvalue weighted by molar-refractivity contribution is 0.300. The van der Waals surface area contributed by atoms with E-state index in [0.717, 1.165) is 22.9 Å². The molecule has 2 nitrogen and oxygen atoms in total. The fourth-order valence-corrected chi connectivity index (χ4v) is 2.52. The number of rotatable bonds is 7. The average Bonchev–Trinajstić information content (AvgIpc) is 2.53. The average molecular weight is 325 g/mol. The maximum absolute atomic E-state index is 6.06. The van der Waals surface area contributed by atoms with Crippen LogP contribution < -0.4 is 9.47 Å². The lowest BCUT2D eigenvalue weighted by atomic mass is 9.98. The maximum atomic E-state index is 6.06. The summed E-state index contributed by atoms with van der Waals surface area (Å²) in [4.78, 5) is 0. The first kappa shape index (κ1) is 16.0. The molecule has 1 atom stereocenters. The van der Waals surface area contributed by atoms with Crippen LogP contribution in [0.5, 0.6) is 11.5 Å². The van der Waals surface area contributed by atoms with E-state index in [1.165, 1.54) is 5.56 Å². The van der Waals surface area contributed by atoms with Crippen LogP contribution in [0.1, 0.15) is 17.9 Å². The van der Waals surface area contributed by atoms with Gasteiger partial charge in [-0.2, -0.15) is 0 Å². The van der Waals surface area contributed by atoms with Gasteiger partial charge in [-0.1, -0.05) is 23.7 Å². The predicted molar refractivity (Wildman–Crippen MR) is 88.0 cm³/mol. The number of ether oxygens (including phenoxy) is 2. The smallest absolute Gasteiger partial charge is 0.119 e. The summed E-state index contributed by atoms with van der Waals surface area (Å²) >= 11 is 12.0. The summed E-state index contributed by atoms with van der Waals surface area (Å²) < 4.78 is 10.9. The highest BCUT2D eigenvalue weighted by Gasteiger charge is 2.10. The summed E-state index contributed by atoms with van der Waals surface area (Å²) in [6.07, 6.45) is 0.858. The van der Waals surface area contributed by atoms with Crippen LogP contribution in [0, 0.1) is 0 Å². The number of alkyl halides is 1. The van der Waals surface area contributed by atoms with Gasteiger partial charge >= 0.3 is 0 Å². The van der Waals surface area contributed by atoms with Crippen LogP contribution in [-0.2, 0) is 0 Å². The van der Waals surface area contributed by atoms with Crippen molar-refractivity contribution in [3.8, 4) is 11.5 Å². The molecule has 4 heteroatoms. The predicted octanol–water partition coefficient (Wildman–Crippen LogP) is 5.14. The molecule has 0 fully saturated rings. The van der Waals surface area contributed by atoms with Gasteiger partial charge in [-0.15, -0.1) is 11.6 Å². The molecular formula is C17H18Cl2O2. The molecule has 0 heterocycles. The third-order valence-electron chi connectivity index (χ3n) is 3.32. The van der Waals surface area contributed by atoms with Crippen molar-refractivity contribution in [1.29, 1.82) is 0 Å². The number of hydrogen-bond donors (Lipinski definition) is 0. The molecule has 0 aliphatic heterocycles. The van der Waals surface area contributed by atoms with E-state index in [1.54, 1.807) is 7.11 Å². The summed E-state index contributed by atoms with van der Waals surface area (Å²) in [6.45, 7) is 0.617. The Balaban J connectivity index is 1.86. The lowest BCUT2D eigenvalue weighted by Gasteiger charge is -2.15. The first-order valence-corrected chi connectivity index (χ1v) is 7.72. The highest BCUT2D eigenvalue weighted by atomic mass is 35.5. The molecule has 0 saturated heterocycles. The SMILES string of the molecule is COc1ccc(OCCC(CCl)c2ccc(Cl)cc2)cc1. The minimum atomic E-state index is 0.266. The summed E-state index contributed by atoms with van der Waals surface area (Å²) in [7, 11) is 1.65. The maximum Gasteiger partial charge on any atom is 0.119 e. The molecular weight excluding hydrogens is 307 g/mol. The van der Waals surface area contributed by atoms with Gasteiger partial charge in [-0.05, 0) is 48.4 Å². The molecule has 21 heavy (non-hydrogen) atoms. The highest BCUT2D eigenvalue weighted by molar-refractivity contribution is 6.30. The van der Waals surface area contributed by atoms with E-state index in [0.29, 0.717) is 12.5 Å². The van der Waals surface area contributed by atoms with Crippen LogP contribution >= 0.6 is 23.2 Å². The van der Waals surface area contributed by atoms with Gasteiger partial charge in [-0.3, -0.25) is 0 Å². The molecule has 112 valence electrons. The van der Waals surface area contributed by atoms with Crippen LogP contribution in [0.15, 0.2) is 48.5 Å². The molecule has 0 bridgehead atoms. The molecule has 2 aromatic rings. The highest BCUT2D eigenvalue weighted by Crippen LogP contribution is 2.24. The molecule has 0 spiro atoms. The largest absolute Gasteiger partial charge is 0.497 e. The molecule has 0 aromatic heterocycles. The van der Waals surface area contributed by atoms with Crippen molar-refractivity contribution < 1.29 is 9.47 Å². The van der Waals surface area contributed by atoms with Gasteiger partial charge in [0.2, 0.25) is 0 Å². The van der Waals surface area contributed by atoms with Crippen molar-refractivity contribution in [2.75, 3.05) is 19.6 Å². The third-order valence-corrected chi connectivity index (χ3v) is 3.95. The Morgan fingerprint density at radius 3 is 2.14 bits per heavy atom. The van der Waals surface area contributed by atoms with Crippen LogP contribution in [0.4, 0.5) is 0 Å².